The first-order valence-corrected chi connectivity index (χ1v) is 10.3. The van der Waals surface area contributed by atoms with Gasteiger partial charge in [-0.15, -0.1) is 0 Å². The van der Waals surface area contributed by atoms with Crippen molar-refractivity contribution in [1.29, 1.82) is 0 Å². The minimum atomic E-state index is -0.317. The molecule has 0 saturated carbocycles. The third-order valence-corrected chi connectivity index (χ3v) is 4.10. The van der Waals surface area contributed by atoms with Crippen molar-refractivity contribution in [2.24, 2.45) is 10.7 Å². The first-order valence-electron chi connectivity index (χ1n) is 10.3. The standard InChI is InChI=1S/C20H28N2O2.2C2H6/c1-5-18(23)13-14(2)16(4)17(9-10-20(21)24)12-15(3)19-8-6-7-11-22-19;2*1-2/h5,7,11-13,23H,6,8-10H2,1-4H3,(H2,21,24);2*1-2H3/b14-13+,15-12+,17-16+,18-5+;;. The Kier molecular flexibility index (Phi) is 16.7. The summed E-state index contributed by atoms with van der Waals surface area (Å²) in [5.74, 6) is -0.0918. The van der Waals surface area contributed by atoms with Crippen LogP contribution >= 0.6 is 0 Å². The number of nitrogens with two attached hydrogens (primary N) is 1. The van der Waals surface area contributed by atoms with E-state index in [-0.39, 0.29) is 11.7 Å². The van der Waals surface area contributed by atoms with Crippen molar-refractivity contribution in [2.45, 2.75) is 81.1 Å². The quantitative estimate of drug-likeness (QED) is 0.375. The van der Waals surface area contributed by atoms with E-state index in [0.29, 0.717) is 12.8 Å². The summed E-state index contributed by atoms with van der Waals surface area (Å²) in [7, 11) is 0. The topological polar surface area (TPSA) is 75.7 Å². The van der Waals surface area contributed by atoms with Gasteiger partial charge in [-0.1, -0.05) is 39.8 Å². The molecule has 28 heavy (non-hydrogen) atoms. The molecular formula is C24H40N2O2. The molecule has 0 spiro atoms. The Hall–Kier alpha value is -2.36. The number of carbonyl (C=O) groups is 1. The van der Waals surface area contributed by atoms with E-state index in [1.807, 2.05) is 54.7 Å². The van der Waals surface area contributed by atoms with E-state index >= 15 is 0 Å². The van der Waals surface area contributed by atoms with Crippen LogP contribution in [0.15, 0.2) is 63.5 Å². The van der Waals surface area contributed by atoms with Gasteiger partial charge in [-0.25, -0.2) is 0 Å². The molecule has 1 amide bonds. The highest BCUT2D eigenvalue weighted by atomic mass is 16.3. The van der Waals surface area contributed by atoms with E-state index in [1.165, 1.54) is 0 Å². The van der Waals surface area contributed by atoms with Gasteiger partial charge in [-0.2, -0.15) is 0 Å². The number of allylic oxidation sites excluding steroid dienone is 8. The highest BCUT2D eigenvalue weighted by Crippen LogP contribution is 2.23. The Balaban J connectivity index is 0. The molecule has 0 radical (unpaired) electrons. The Morgan fingerprint density at radius 3 is 2.21 bits per heavy atom. The van der Waals surface area contributed by atoms with Crippen molar-refractivity contribution < 1.29 is 9.90 Å². The van der Waals surface area contributed by atoms with Gasteiger partial charge in [-0.3, -0.25) is 9.79 Å². The van der Waals surface area contributed by atoms with Crippen LogP contribution in [-0.2, 0) is 4.79 Å². The van der Waals surface area contributed by atoms with Gasteiger partial charge >= 0.3 is 0 Å². The number of rotatable bonds is 7. The first-order chi connectivity index (χ1) is 13.3. The highest BCUT2D eigenvalue weighted by Gasteiger charge is 2.09. The molecule has 4 heteroatoms. The highest BCUT2D eigenvalue weighted by molar-refractivity contribution is 6.00. The molecule has 0 unspecified atom stereocenters. The van der Waals surface area contributed by atoms with Crippen molar-refractivity contribution in [3.05, 3.63) is 58.6 Å². The molecule has 1 heterocycles. The fraction of sp³-hybridized carbons (Fsp3) is 0.500. The molecule has 0 saturated heterocycles. The normalized spacial score (nSPS) is 15.4. The van der Waals surface area contributed by atoms with E-state index in [9.17, 15) is 9.90 Å². The molecule has 0 fully saturated rings. The van der Waals surface area contributed by atoms with Gasteiger partial charge < -0.3 is 10.8 Å². The summed E-state index contributed by atoms with van der Waals surface area (Å²) in [5, 5.41) is 9.71. The van der Waals surface area contributed by atoms with Gasteiger partial charge in [0.1, 0.15) is 5.76 Å². The lowest BCUT2D eigenvalue weighted by molar-refractivity contribution is -0.117. The van der Waals surface area contributed by atoms with Crippen molar-refractivity contribution in [3.8, 4) is 0 Å². The summed E-state index contributed by atoms with van der Waals surface area (Å²) < 4.78 is 0. The summed E-state index contributed by atoms with van der Waals surface area (Å²) in [4.78, 5) is 15.6. The molecule has 0 aromatic heterocycles. The molecule has 3 N–H and O–H groups in total. The molecule has 1 aliphatic heterocycles. The van der Waals surface area contributed by atoms with Gasteiger partial charge in [0, 0.05) is 18.3 Å². The minimum Gasteiger partial charge on any atom is -0.508 e. The van der Waals surface area contributed by atoms with Crippen molar-refractivity contribution in [1.82, 2.24) is 0 Å². The number of aliphatic hydroxyl groups excluding tert-OH is 1. The summed E-state index contributed by atoms with van der Waals surface area (Å²) in [5.41, 5.74) is 10.5. The zero-order valence-electron chi connectivity index (χ0n) is 19.1. The number of aliphatic imine (C=N–C) groups is 1. The molecule has 1 rings (SSSR count). The fourth-order valence-corrected chi connectivity index (χ4v) is 2.44. The number of amides is 1. The van der Waals surface area contributed by atoms with E-state index in [2.05, 4.69) is 17.1 Å². The zero-order chi connectivity index (χ0) is 22.1. The number of hydrogen-bond donors (Lipinski definition) is 2. The van der Waals surface area contributed by atoms with Crippen LogP contribution in [0.1, 0.15) is 81.1 Å². The maximum atomic E-state index is 11.2. The van der Waals surface area contributed by atoms with E-state index in [0.717, 1.165) is 40.8 Å². The van der Waals surface area contributed by atoms with Crippen LogP contribution in [0, 0.1) is 0 Å². The lowest BCUT2D eigenvalue weighted by Crippen LogP contribution is -2.10. The third-order valence-electron chi connectivity index (χ3n) is 4.10. The van der Waals surface area contributed by atoms with E-state index < -0.39 is 0 Å². The second-order valence-electron chi connectivity index (χ2n) is 5.98. The summed E-state index contributed by atoms with van der Waals surface area (Å²) in [6.07, 6.45) is 12.1. The number of carbonyl (C=O) groups excluding carboxylic acids is 1. The average Bonchev–Trinajstić information content (AvgIpc) is 2.73. The van der Waals surface area contributed by atoms with Crippen molar-refractivity contribution >= 4 is 11.6 Å². The van der Waals surface area contributed by atoms with Crippen molar-refractivity contribution in [3.63, 3.8) is 0 Å². The predicted octanol–water partition coefficient (Wildman–Crippen LogP) is 6.72. The molecule has 0 bridgehead atoms. The molecule has 0 atom stereocenters. The van der Waals surface area contributed by atoms with Crippen LogP contribution in [0.3, 0.4) is 0 Å². The maximum absolute atomic E-state index is 11.2. The van der Waals surface area contributed by atoms with Crippen LogP contribution < -0.4 is 5.73 Å². The second-order valence-corrected chi connectivity index (χ2v) is 5.98. The largest absolute Gasteiger partial charge is 0.508 e. The van der Waals surface area contributed by atoms with Crippen LogP contribution in [-0.4, -0.2) is 16.7 Å². The van der Waals surface area contributed by atoms with Gasteiger partial charge in [0.25, 0.3) is 0 Å². The van der Waals surface area contributed by atoms with E-state index in [4.69, 9.17) is 5.73 Å². The Morgan fingerprint density at radius 1 is 1.14 bits per heavy atom. The van der Waals surface area contributed by atoms with Crippen LogP contribution in [0.4, 0.5) is 0 Å². The molecular weight excluding hydrogens is 348 g/mol. The Bertz CT molecular complexity index is 660. The smallest absolute Gasteiger partial charge is 0.217 e. The third kappa shape index (κ3) is 11.4. The van der Waals surface area contributed by atoms with Gasteiger partial charge in [0.2, 0.25) is 5.91 Å². The molecule has 158 valence electrons. The number of aliphatic hydroxyl groups is 1. The Labute approximate surface area is 172 Å². The molecule has 0 aromatic carbocycles. The van der Waals surface area contributed by atoms with Gasteiger partial charge in [-0.05, 0) is 81.4 Å². The van der Waals surface area contributed by atoms with Crippen LogP contribution in [0.2, 0.25) is 0 Å². The Morgan fingerprint density at radius 2 is 1.75 bits per heavy atom. The van der Waals surface area contributed by atoms with Gasteiger partial charge in [0.15, 0.2) is 0 Å². The maximum Gasteiger partial charge on any atom is 0.217 e. The molecule has 0 aliphatic carbocycles. The first kappa shape index (κ1) is 27.9. The van der Waals surface area contributed by atoms with Gasteiger partial charge in [0.05, 0.1) is 0 Å². The number of hydrogen-bond acceptors (Lipinski definition) is 3. The van der Waals surface area contributed by atoms with Crippen LogP contribution in [0.25, 0.3) is 0 Å². The summed E-state index contributed by atoms with van der Waals surface area (Å²) in [6, 6.07) is 0. The summed E-state index contributed by atoms with van der Waals surface area (Å²) in [6.45, 7) is 15.8. The molecule has 0 aromatic rings. The SMILES string of the molecule is CC.CC.C\C=C(O)/C=C(C)/C(C)=C(/C=C(\C)C1=NC=CCC1)CCC(N)=O. The zero-order valence-corrected chi connectivity index (χ0v) is 19.1. The predicted molar refractivity (Wildman–Crippen MR) is 124 cm³/mol. The number of primary amides is 1. The monoisotopic (exact) mass is 388 g/mol. The van der Waals surface area contributed by atoms with E-state index in [1.54, 1.807) is 19.1 Å². The fourth-order valence-electron chi connectivity index (χ4n) is 2.44. The lowest BCUT2D eigenvalue weighted by atomic mass is 9.94. The summed E-state index contributed by atoms with van der Waals surface area (Å²) >= 11 is 0. The lowest BCUT2D eigenvalue weighted by Gasteiger charge is -2.13. The van der Waals surface area contributed by atoms with Crippen LogP contribution in [0.5, 0.6) is 0 Å². The second kappa shape index (κ2) is 16.8. The van der Waals surface area contributed by atoms with Crippen molar-refractivity contribution in [2.75, 3.05) is 0 Å². The number of nitrogens with zero attached hydrogens (tertiary/aromatic N) is 1. The molecule has 4 nitrogen and oxygen atoms in total. The molecule has 1 aliphatic rings. The average molecular weight is 389 g/mol. The minimum absolute atomic E-state index is 0.226.